The average Bonchev–Trinajstić information content (AvgIpc) is 2.79. The number of aryl methyl sites for hydroxylation is 2. The van der Waals surface area contributed by atoms with Crippen LogP contribution in [0.1, 0.15) is 33.2 Å². The standard InChI is InChI=1S/C26H30N2O7S/c1-16-12-21(13-17(2)25(16)18-4-6-19(7-5-18)26(31)32)35-11-10-27-15-24(30)20-8-9-23(29)22(14-20)28-36(3,33)34/h4-9,12-14,24,27-30H,10-11,15H2,1-3H3,(H,31,32)/t24-/m0/s1. The first-order valence-corrected chi connectivity index (χ1v) is 13.1. The van der Waals surface area contributed by atoms with Gasteiger partial charge in [0.1, 0.15) is 18.1 Å². The van der Waals surface area contributed by atoms with Gasteiger partial charge in [-0.15, -0.1) is 0 Å². The second kappa shape index (κ2) is 11.4. The van der Waals surface area contributed by atoms with Crippen molar-refractivity contribution in [3.63, 3.8) is 0 Å². The van der Waals surface area contributed by atoms with Crippen LogP contribution in [0.15, 0.2) is 54.6 Å². The van der Waals surface area contributed by atoms with Crippen molar-refractivity contribution in [2.75, 3.05) is 30.7 Å². The summed E-state index contributed by atoms with van der Waals surface area (Å²) in [6.07, 6.45) is 0.0635. The molecule has 36 heavy (non-hydrogen) atoms. The highest BCUT2D eigenvalue weighted by molar-refractivity contribution is 7.92. The maximum atomic E-state index is 11.4. The molecule has 0 radical (unpaired) electrons. The van der Waals surface area contributed by atoms with Crippen molar-refractivity contribution in [1.29, 1.82) is 0 Å². The SMILES string of the molecule is Cc1cc(OCCNC[C@H](O)c2ccc(O)c(NS(C)(=O)=O)c2)cc(C)c1-c1ccc(C(=O)O)cc1. The van der Waals surface area contributed by atoms with Gasteiger partial charge in [-0.3, -0.25) is 4.72 Å². The molecular weight excluding hydrogens is 484 g/mol. The maximum Gasteiger partial charge on any atom is 0.335 e. The molecule has 3 aromatic carbocycles. The third-order valence-electron chi connectivity index (χ3n) is 5.51. The number of sulfonamides is 1. The van der Waals surface area contributed by atoms with Crippen molar-refractivity contribution in [2.24, 2.45) is 0 Å². The summed E-state index contributed by atoms with van der Waals surface area (Å²) in [5.41, 5.74) is 4.66. The van der Waals surface area contributed by atoms with Crippen molar-refractivity contribution in [3.05, 3.63) is 76.9 Å². The Morgan fingerprint density at radius 3 is 2.25 bits per heavy atom. The summed E-state index contributed by atoms with van der Waals surface area (Å²) in [6, 6.07) is 14.8. The molecule has 0 heterocycles. The van der Waals surface area contributed by atoms with E-state index in [0.29, 0.717) is 24.5 Å². The van der Waals surface area contributed by atoms with Crippen LogP contribution in [0.2, 0.25) is 0 Å². The first kappa shape index (κ1) is 27.0. The molecule has 0 saturated heterocycles. The monoisotopic (exact) mass is 514 g/mol. The maximum absolute atomic E-state index is 11.4. The summed E-state index contributed by atoms with van der Waals surface area (Å²) >= 11 is 0. The van der Waals surface area contributed by atoms with Gasteiger partial charge in [0.25, 0.3) is 0 Å². The van der Waals surface area contributed by atoms with E-state index in [0.717, 1.165) is 28.5 Å². The van der Waals surface area contributed by atoms with Crippen LogP contribution < -0.4 is 14.8 Å². The number of phenolic OH excluding ortho intramolecular Hbond substituents is 1. The van der Waals surface area contributed by atoms with E-state index in [2.05, 4.69) is 10.0 Å². The van der Waals surface area contributed by atoms with E-state index < -0.39 is 22.1 Å². The predicted octanol–water partition coefficient (Wildman–Crippen LogP) is 3.45. The number of rotatable bonds is 11. The number of hydrogen-bond donors (Lipinski definition) is 5. The number of aromatic hydroxyl groups is 1. The highest BCUT2D eigenvalue weighted by atomic mass is 32.2. The summed E-state index contributed by atoms with van der Waals surface area (Å²) in [4.78, 5) is 11.1. The minimum absolute atomic E-state index is 0.00407. The summed E-state index contributed by atoms with van der Waals surface area (Å²) in [6.45, 7) is 4.96. The van der Waals surface area contributed by atoms with Gasteiger partial charge < -0.3 is 25.4 Å². The zero-order valence-corrected chi connectivity index (χ0v) is 21.1. The zero-order valence-electron chi connectivity index (χ0n) is 20.3. The Morgan fingerprint density at radius 2 is 1.67 bits per heavy atom. The Labute approximate surface area is 210 Å². The van der Waals surface area contributed by atoms with Gasteiger partial charge in [-0.05, 0) is 78.1 Å². The second-order valence-corrected chi connectivity index (χ2v) is 10.3. The first-order chi connectivity index (χ1) is 16.9. The van der Waals surface area contributed by atoms with Crippen LogP contribution in [0.25, 0.3) is 11.1 Å². The normalized spacial score (nSPS) is 12.2. The van der Waals surface area contributed by atoms with Gasteiger partial charge in [0.05, 0.1) is 23.6 Å². The number of benzene rings is 3. The Kier molecular flexibility index (Phi) is 8.57. The van der Waals surface area contributed by atoms with E-state index >= 15 is 0 Å². The van der Waals surface area contributed by atoms with Crippen LogP contribution >= 0.6 is 0 Å². The smallest absolute Gasteiger partial charge is 0.335 e. The molecule has 10 heteroatoms. The number of nitrogens with one attached hydrogen (secondary N) is 2. The molecule has 0 fully saturated rings. The largest absolute Gasteiger partial charge is 0.506 e. The number of aliphatic hydroxyl groups excluding tert-OH is 1. The van der Waals surface area contributed by atoms with Crippen molar-refractivity contribution >= 4 is 21.7 Å². The fourth-order valence-corrected chi connectivity index (χ4v) is 4.44. The van der Waals surface area contributed by atoms with Crippen LogP contribution in [0.5, 0.6) is 11.5 Å². The number of carboxylic acid groups (broad SMARTS) is 1. The molecule has 0 aliphatic heterocycles. The molecule has 0 spiro atoms. The molecule has 0 aromatic heterocycles. The molecule has 1 atom stereocenters. The third-order valence-corrected chi connectivity index (χ3v) is 6.10. The summed E-state index contributed by atoms with van der Waals surface area (Å²) in [5, 5.41) is 32.4. The van der Waals surface area contributed by atoms with E-state index in [1.807, 2.05) is 26.0 Å². The molecular formula is C26H30N2O7S. The Balaban J connectivity index is 1.53. The topological polar surface area (TPSA) is 145 Å². The molecule has 9 nitrogen and oxygen atoms in total. The summed E-state index contributed by atoms with van der Waals surface area (Å²) in [7, 11) is -3.57. The molecule has 0 unspecified atom stereocenters. The Hall–Kier alpha value is -3.60. The van der Waals surface area contributed by atoms with Gasteiger partial charge >= 0.3 is 5.97 Å². The van der Waals surface area contributed by atoms with Gasteiger partial charge in [0.15, 0.2) is 0 Å². The Bertz CT molecular complexity index is 1320. The molecule has 0 amide bonds. The molecule has 3 rings (SSSR count). The highest BCUT2D eigenvalue weighted by Gasteiger charge is 2.13. The molecule has 3 aromatic rings. The van der Waals surface area contributed by atoms with Gasteiger partial charge in [0.2, 0.25) is 10.0 Å². The lowest BCUT2D eigenvalue weighted by Crippen LogP contribution is -2.26. The molecule has 0 saturated carbocycles. The molecule has 0 aliphatic carbocycles. The number of aliphatic hydroxyl groups is 1. The summed E-state index contributed by atoms with van der Waals surface area (Å²) < 4.78 is 30.9. The number of hydrogen-bond acceptors (Lipinski definition) is 7. The van der Waals surface area contributed by atoms with E-state index in [1.165, 1.54) is 18.2 Å². The molecule has 5 N–H and O–H groups in total. The zero-order chi connectivity index (χ0) is 26.5. The second-order valence-electron chi connectivity index (χ2n) is 8.53. The highest BCUT2D eigenvalue weighted by Crippen LogP contribution is 2.31. The lowest BCUT2D eigenvalue weighted by Gasteiger charge is -2.16. The number of carboxylic acids is 1. The minimum atomic E-state index is -3.57. The number of carbonyl (C=O) groups is 1. The van der Waals surface area contributed by atoms with E-state index in [1.54, 1.807) is 24.3 Å². The number of phenols is 1. The Morgan fingerprint density at radius 1 is 1.03 bits per heavy atom. The number of aromatic carboxylic acids is 1. The van der Waals surface area contributed by atoms with Crippen molar-refractivity contribution in [1.82, 2.24) is 5.32 Å². The quantitative estimate of drug-likeness (QED) is 0.193. The molecule has 0 aliphatic rings. The lowest BCUT2D eigenvalue weighted by atomic mass is 9.95. The van der Waals surface area contributed by atoms with Gasteiger partial charge in [-0.2, -0.15) is 0 Å². The average molecular weight is 515 g/mol. The fourth-order valence-electron chi connectivity index (χ4n) is 3.88. The first-order valence-electron chi connectivity index (χ1n) is 11.2. The van der Waals surface area contributed by atoms with Crippen molar-refractivity contribution in [2.45, 2.75) is 20.0 Å². The lowest BCUT2D eigenvalue weighted by molar-refractivity contribution is 0.0697. The van der Waals surface area contributed by atoms with Crippen LogP contribution in [0, 0.1) is 13.8 Å². The van der Waals surface area contributed by atoms with E-state index in [9.17, 15) is 23.4 Å². The predicted molar refractivity (Wildman–Crippen MR) is 138 cm³/mol. The number of anilines is 1. The van der Waals surface area contributed by atoms with Crippen molar-refractivity contribution in [3.8, 4) is 22.6 Å². The van der Waals surface area contributed by atoms with Crippen LogP contribution in [-0.2, 0) is 10.0 Å². The van der Waals surface area contributed by atoms with Crippen LogP contribution in [0.3, 0.4) is 0 Å². The summed E-state index contributed by atoms with van der Waals surface area (Å²) in [5.74, 6) is -0.489. The van der Waals surface area contributed by atoms with E-state index in [4.69, 9.17) is 9.84 Å². The minimum Gasteiger partial charge on any atom is -0.506 e. The van der Waals surface area contributed by atoms with Crippen LogP contribution in [0.4, 0.5) is 5.69 Å². The van der Waals surface area contributed by atoms with Gasteiger partial charge in [0, 0.05) is 13.1 Å². The molecule has 192 valence electrons. The van der Waals surface area contributed by atoms with Crippen LogP contribution in [-0.4, -0.2) is 55.7 Å². The van der Waals surface area contributed by atoms with E-state index in [-0.39, 0.29) is 23.5 Å². The van der Waals surface area contributed by atoms with Gasteiger partial charge in [-0.25, -0.2) is 13.2 Å². The van der Waals surface area contributed by atoms with Gasteiger partial charge in [-0.1, -0.05) is 18.2 Å². The molecule has 0 bridgehead atoms. The van der Waals surface area contributed by atoms with Crippen molar-refractivity contribution < 1.29 is 33.3 Å². The third kappa shape index (κ3) is 7.20. The number of ether oxygens (including phenoxy) is 1. The fraction of sp³-hybridized carbons (Fsp3) is 0.269.